The third-order valence-corrected chi connectivity index (χ3v) is 13.9. The monoisotopic (exact) mass is 634 g/mol. The van der Waals surface area contributed by atoms with Gasteiger partial charge in [-0.15, -0.1) is 22.7 Å². The number of hydrogen-bond donors (Lipinski definition) is 0. The number of rotatable bonds is 0. The van der Waals surface area contributed by atoms with Gasteiger partial charge in [0.1, 0.15) is 0 Å². The van der Waals surface area contributed by atoms with E-state index in [9.17, 15) is 8.78 Å². The van der Waals surface area contributed by atoms with Crippen LogP contribution in [0.1, 0.15) is 41.8 Å². The molecule has 0 fully saturated rings. The number of allylic oxidation sites excluding steroid dienone is 2. The van der Waals surface area contributed by atoms with E-state index in [1.54, 1.807) is 51.2 Å². The molecule has 4 bridgehead atoms. The van der Waals surface area contributed by atoms with E-state index in [4.69, 9.17) is 0 Å². The lowest BCUT2D eigenvalue weighted by atomic mass is 9.98. The number of hydrogen-bond acceptors (Lipinski definition) is 6. The summed E-state index contributed by atoms with van der Waals surface area (Å²) >= 11 is 8.90. The van der Waals surface area contributed by atoms with Crippen LogP contribution in [0.25, 0.3) is 11.1 Å². The van der Waals surface area contributed by atoms with Gasteiger partial charge in [0.05, 0.1) is 11.1 Å². The predicted molar refractivity (Wildman–Crippen MR) is 156 cm³/mol. The highest BCUT2D eigenvalue weighted by molar-refractivity contribution is 8.05. The van der Waals surface area contributed by atoms with E-state index in [-0.39, 0.29) is 9.75 Å². The molecule has 12 heteroatoms. The Hall–Kier alpha value is 0.120. The maximum absolute atomic E-state index is 15.4. The molecule has 0 aromatic carbocycles. The number of aryl methyl sites for hydroxylation is 2. The van der Waals surface area contributed by atoms with E-state index >= 15 is 17.6 Å². The second-order valence-electron chi connectivity index (χ2n) is 8.98. The van der Waals surface area contributed by atoms with Crippen molar-refractivity contribution in [2.75, 3.05) is 34.5 Å². The Morgan fingerprint density at radius 3 is 1.19 bits per heavy atom. The van der Waals surface area contributed by atoms with Crippen molar-refractivity contribution in [1.82, 2.24) is 0 Å². The second-order valence-corrected chi connectivity index (χ2v) is 16.1. The molecule has 0 spiro atoms. The molecule has 0 N–H and O–H groups in total. The van der Waals surface area contributed by atoms with E-state index in [0.717, 1.165) is 68.3 Å². The minimum Gasteiger partial charge on any atom is -0.194 e. The zero-order chi connectivity index (χ0) is 27.2. The first-order chi connectivity index (χ1) is 17.3. The van der Waals surface area contributed by atoms with Crippen LogP contribution in [-0.4, -0.2) is 52.3 Å². The average Bonchev–Trinajstić information content (AvgIpc) is 3.29. The van der Waals surface area contributed by atoms with E-state index in [0.29, 0.717) is 32.4 Å². The minimum atomic E-state index is -5.52. The fraction of sp³-hybridized carbons (Fsp3) is 0.600. The Kier molecular flexibility index (Phi) is 9.39. The van der Waals surface area contributed by atoms with Crippen LogP contribution in [0.15, 0.2) is 0 Å². The van der Waals surface area contributed by atoms with Crippen molar-refractivity contribution in [1.29, 1.82) is 0 Å². The van der Waals surface area contributed by atoms with Crippen molar-refractivity contribution < 1.29 is 26.3 Å². The number of halogens is 6. The Balaban J connectivity index is 1.91. The Morgan fingerprint density at radius 2 is 0.838 bits per heavy atom. The number of thioether (sulfide) groups is 4. The van der Waals surface area contributed by atoms with Gasteiger partial charge >= 0.3 is 17.8 Å². The summed E-state index contributed by atoms with van der Waals surface area (Å²) in [7, 11) is 0. The van der Waals surface area contributed by atoms with Crippen LogP contribution < -0.4 is 0 Å². The smallest absolute Gasteiger partial charge is 0.194 e. The molecule has 1 aliphatic carbocycles. The van der Waals surface area contributed by atoms with Crippen LogP contribution in [0.4, 0.5) is 26.3 Å². The van der Waals surface area contributed by atoms with E-state index in [1.165, 1.54) is 0 Å². The molecular weight excluding hydrogens is 607 g/mol. The second kappa shape index (κ2) is 11.5. The van der Waals surface area contributed by atoms with E-state index in [1.807, 2.05) is 23.5 Å². The van der Waals surface area contributed by atoms with Crippen molar-refractivity contribution in [3.63, 3.8) is 0 Å². The van der Waals surface area contributed by atoms with Crippen molar-refractivity contribution in [3.8, 4) is 0 Å². The van der Waals surface area contributed by atoms with Crippen LogP contribution in [0.2, 0.25) is 0 Å². The lowest BCUT2D eigenvalue weighted by Gasteiger charge is -2.25. The Morgan fingerprint density at radius 1 is 0.514 bits per heavy atom. The van der Waals surface area contributed by atoms with Crippen LogP contribution in [0.3, 0.4) is 0 Å². The highest BCUT2D eigenvalue weighted by Crippen LogP contribution is 2.66. The zero-order valence-corrected chi connectivity index (χ0v) is 25.8. The molecule has 206 valence electrons. The summed E-state index contributed by atoms with van der Waals surface area (Å²) in [5.41, 5.74) is -0.0511. The summed E-state index contributed by atoms with van der Waals surface area (Å²) < 4.78 is 91.4. The molecule has 0 nitrogen and oxygen atoms in total. The molecule has 0 amide bonds. The van der Waals surface area contributed by atoms with Crippen LogP contribution in [0.5, 0.6) is 0 Å². The maximum atomic E-state index is 15.4. The Labute approximate surface area is 239 Å². The quantitative estimate of drug-likeness (QED) is 0.265. The molecule has 0 radical (unpaired) electrons. The standard InChI is InChI=1S/C25H28F6S6/c1-13-17-11-34-9-7-32-5-6-33-8-10-35-12-18-14(2)22(37-16(18)4)20-19(21(13)36-15(17)3)23(26,27)25(30,31)24(20,28)29/h5-12H2,1-4H3. The normalized spacial score (nSPS) is 22.6. The van der Waals surface area contributed by atoms with Gasteiger partial charge in [0.2, 0.25) is 0 Å². The SMILES string of the molecule is Cc1sc2c(C)c1CSCCSCCSCCSCc1c(C)sc(c1C)C1=C2C(F)(F)C(F)(F)C1(F)F. The molecule has 2 aromatic heterocycles. The molecule has 1 aliphatic heterocycles. The summed E-state index contributed by atoms with van der Waals surface area (Å²) in [6.45, 7) is 6.68. The van der Waals surface area contributed by atoms with Gasteiger partial charge in [-0.2, -0.15) is 73.4 Å². The fourth-order valence-corrected chi connectivity index (χ4v) is 12.0. The minimum absolute atomic E-state index is 0.146. The maximum Gasteiger partial charge on any atom is 0.380 e. The first kappa shape index (κ1) is 30.1. The first-order valence-electron chi connectivity index (χ1n) is 11.7. The Bertz CT molecular complexity index is 1090. The first-order valence-corrected chi connectivity index (χ1v) is 18.0. The lowest BCUT2D eigenvalue weighted by Crippen LogP contribution is -2.48. The molecule has 3 heterocycles. The highest BCUT2D eigenvalue weighted by Gasteiger charge is 2.80. The molecular formula is C25H28F6S6. The van der Waals surface area contributed by atoms with Gasteiger partial charge in [0.15, 0.2) is 0 Å². The summed E-state index contributed by atoms with van der Waals surface area (Å²) in [6.07, 6.45) is 0. The third kappa shape index (κ3) is 5.29. The van der Waals surface area contributed by atoms with Gasteiger partial charge in [-0.25, -0.2) is 0 Å². The average molecular weight is 635 g/mol. The number of alkyl halides is 6. The molecule has 0 saturated carbocycles. The van der Waals surface area contributed by atoms with Crippen LogP contribution in [-0.2, 0) is 11.5 Å². The van der Waals surface area contributed by atoms with Crippen molar-refractivity contribution in [2.45, 2.75) is 57.0 Å². The van der Waals surface area contributed by atoms with Crippen molar-refractivity contribution in [3.05, 3.63) is 41.8 Å². The molecule has 2 aromatic rings. The summed E-state index contributed by atoms with van der Waals surface area (Å²) in [5, 5.41) is 0. The van der Waals surface area contributed by atoms with Gasteiger partial charge < -0.3 is 0 Å². The van der Waals surface area contributed by atoms with Gasteiger partial charge in [0.25, 0.3) is 0 Å². The van der Waals surface area contributed by atoms with Crippen molar-refractivity contribution in [2.24, 2.45) is 0 Å². The van der Waals surface area contributed by atoms with Crippen LogP contribution >= 0.6 is 69.7 Å². The molecule has 0 unspecified atom stereocenters. The summed E-state index contributed by atoms with van der Waals surface area (Å²) in [4.78, 5) is 1.11. The molecule has 4 rings (SSSR count). The van der Waals surface area contributed by atoms with Gasteiger partial charge in [0, 0.05) is 65.5 Å². The fourth-order valence-electron chi connectivity index (χ4n) is 4.53. The zero-order valence-electron chi connectivity index (χ0n) is 20.9. The molecule has 0 atom stereocenters. The van der Waals surface area contributed by atoms with E-state index < -0.39 is 28.9 Å². The largest absolute Gasteiger partial charge is 0.380 e. The molecule has 0 saturated heterocycles. The molecule has 2 aliphatic rings. The van der Waals surface area contributed by atoms with Gasteiger partial charge in [-0.3, -0.25) is 0 Å². The number of fused-ring (bicyclic) bond motifs is 6. The van der Waals surface area contributed by atoms with E-state index in [2.05, 4.69) is 0 Å². The summed E-state index contributed by atoms with van der Waals surface area (Å²) in [5.74, 6) is -8.67. The third-order valence-electron chi connectivity index (χ3n) is 6.68. The van der Waals surface area contributed by atoms with Crippen molar-refractivity contribution >= 4 is 80.9 Å². The predicted octanol–water partition coefficient (Wildman–Crippen LogP) is 9.82. The van der Waals surface area contributed by atoms with Gasteiger partial charge in [-0.05, 0) is 49.9 Å². The summed E-state index contributed by atoms with van der Waals surface area (Å²) in [6, 6.07) is 0. The molecule has 37 heavy (non-hydrogen) atoms. The number of thiophene rings is 2. The topological polar surface area (TPSA) is 0 Å². The lowest BCUT2D eigenvalue weighted by molar-refractivity contribution is -0.254. The van der Waals surface area contributed by atoms with Crippen LogP contribution in [0, 0.1) is 27.7 Å². The highest BCUT2D eigenvalue weighted by atomic mass is 32.2. The van der Waals surface area contributed by atoms with Gasteiger partial charge in [-0.1, -0.05) is 0 Å².